The average Bonchev–Trinajstić information content (AvgIpc) is 2.81. The van der Waals surface area contributed by atoms with Crippen LogP contribution in [0, 0.1) is 12.8 Å². The van der Waals surface area contributed by atoms with Gasteiger partial charge in [-0.1, -0.05) is 48.6 Å². The largest absolute Gasteiger partial charge is 0.425 e. The van der Waals surface area contributed by atoms with Crippen molar-refractivity contribution in [2.45, 2.75) is 44.0 Å². The van der Waals surface area contributed by atoms with Gasteiger partial charge in [0.2, 0.25) is 17.4 Å². The van der Waals surface area contributed by atoms with Crippen molar-refractivity contribution < 1.29 is 40.5 Å². The molecule has 1 aliphatic carbocycles. The highest BCUT2D eigenvalue weighted by molar-refractivity contribution is 14.1. The van der Waals surface area contributed by atoms with Gasteiger partial charge in [0.25, 0.3) is 0 Å². The Morgan fingerprint density at radius 2 is 1.70 bits per heavy atom. The van der Waals surface area contributed by atoms with Crippen LogP contribution >= 0.6 is 22.6 Å². The summed E-state index contributed by atoms with van der Waals surface area (Å²) < 4.78 is 71.3. The number of primary amides is 1. The smallest absolute Gasteiger partial charge is 0.383 e. The zero-order chi connectivity index (χ0) is 30.3. The molecule has 2 aromatic rings. The van der Waals surface area contributed by atoms with Gasteiger partial charge in [0.05, 0.1) is 12.2 Å². The lowest BCUT2D eigenvalue weighted by Gasteiger charge is -2.39. The fourth-order valence-corrected chi connectivity index (χ4v) is 6.22. The molecule has 2 amide bonds. The Balaban J connectivity index is 2.19. The normalized spacial score (nSPS) is 20.9. The Kier molecular flexibility index (Phi) is 8.82. The molecule has 0 bridgehead atoms. The van der Waals surface area contributed by atoms with Crippen molar-refractivity contribution in [1.29, 1.82) is 0 Å². The number of rotatable bonds is 8. The van der Waals surface area contributed by atoms with Crippen LogP contribution in [-0.2, 0) is 30.7 Å². The number of halogens is 4. The van der Waals surface area contributed by atoms with E-state index in [1.54, 1.807) is 26.0 Å². The third-order valence-electron chi connectivity index (χ3n) is 6.47. The molecule has 0 aromatic heterocycles. The van der Waals surface area contributed by atoms with E-state index in [-0.39, 0.29) is 22.9 Å². The van der Waals surface area contributed by atoms with Gasteiger partial charge in [0.1, 0.15) is 11.2 Å². The Morgan fingerprint density at radius 1 is 1.12 bits per heavy atom. The standard InChI is InChI=1S/C27H28F3IN2O6S/c1-15(2)33-23(34)22-21(31)6-5-13-25(22,24(32)35)20-12-9-18(14-16(20)3)26(36,27(28,29)30)17-7-10-19(11-8-17)39-40(4,37)38/h5-15,22,36H,1-4H3,(H2,32,35)(H,33,34). The summed E-state index contributed by atoms with van der Waals surface area (Å²) in [4.78, 5) is 26.3. The maximum atomic E-state index is 14.5. The van der Waals surface area contributed by atoms with E-state index in [1.165, 1.54) is 19.1 Å². The lowest BCUT2D eigenvalue weighted by molar-refractivity contribution is -0.248. The zero-order valence-corrected chi connectivity index (χ0v) is 24.9. The lowest BCUT2D eigenvalue weighted by atomic mass is 9.65. The van der Waals surface area contributed by atoms with Crippen LogP contribution in [0.3, 0.4) is 0 Å². The van der Waals surface area contributed by atoms with E-state index in [0.717, 1.165) is 42.7 Å². The molecular formula is C27H28F3IN2O6S. The summed E-state index contributed by atoms with van der Waals surface area (Å²) in [7, 11) is -3.92. The summed E-state index contributed by atoms with van der Waals surface area (Å²) in [6, 6.07) is 6.92. The zero-order valence-electron chi connectivity index (χ0n) is 21.9. The van der Waals surface area contributed by atoms with E-state index in [4.69, 9.17) is 5.73 Å². The van der Waals surface area contributed by atoms with Crippen LogP contribution in [-0.4, -0.2) is 43.8 Å². The number of hydrogen-bond acceptors (Lipinski definition) is 6. The minimum Gasteiger partial charge on any atom is -0.383 e. The number of alkyl halides is 3. The molecule has 216 valence electrons. The summed E-state index contributed by atoms with van der Waals surface area (Å²) in [6.45, 7) is 4.95. The fraction of sp³-hybridized carbons (Fsp3) is 0.333. The summed E-state index contributed by atoms with van der Waals surface area (Å²) in [5, 5.41) is 13.9. The SMILES string of the molecule is Cc1cc(C(O)(c2ccc(OS(C)(=O)=O)cc2)C(F)(F)F)ccc1C1(C(N)=O)C=CC=C(I)C1C(=O)NC(C)C. The summed E-state index contributed by atoms with van der Waals surface area (Å²) >= 11 is 1.93. The van der Waals surface area contributed by atoms with E-state index in [9.17, 15) is 36.3 Å². The molecule has 2 aromatic carbocycles. The van der Waals surface area contributed by atoms with Crippen LogP contribution in [0.15, 0.2) is 64.3 Å². The minimum absolute atomic E-state index is 0.175. The van der Waals surface area contributed by atoms with Crippen molar-refractivity contribution in [1.82, 2.24) is 5.32 Å². The second-order valence-corrected chi connectivity index (χ2v) is 12.6. The molecule has 13 heteroatoms. The Morgan fingerprint density at radius 3 is 2.17 bits per heavy atom. The molecule has 0 saturated carbocycles. The summed E-state index contributed by atoms with van der Waals surface area (Å²) in [5.41, 5.74) is -0.125. The second kappa shape index (κ2) is 11.2. The van der Waals surface area contributed by atoms with Gasteiger partial charge in [0.15, 0.2) is 0 Å². The Labute approximate surface area is 243 Å². The van der Waals surface area contributed by atoms with Crippen molar-refractivity contribution in [3.8, 4) is 5.75 Å². The average molecular weight is 692 g/mol. The molecule has 3 atom stereocenters. The number of nitrogens with one attached hydrogen (secondary N) is 1. The number of benzene rings is 2. The maximum absolute atomic E-state index is 14.5. The fourth-order valence-electron chi connectivity index (χ4n) is 4.78. The molecule has 8 nitrogen and oxygen atoms in total. The van der Waals surface area contributed by atoms with Crippen LogP contribution in [0.4, 0.5) is 13.2 Å². The van der Waals surface area contributed by atoms with Gasteiger partial charge in [-0.05, 0) is 77.7 Å². The third kappa shape index (κ3) is 5.91. The van der Waals surface area contributed by atoms with Gasteiger partial charge in [-0.2, -0.15) is 21.6 Å². The van der Waals surface area contributed by atoms with Crippen LogP contribution in [0.25, 0.3) is 0 Å². The van der Waals surface area contributed by atoms with Crippen LogP contribution in [0.5, 0.6) is 5.75 Å². The first kappa shape index (κ1) is 31.6. The van der Waals surface area contributed by atoms with E-state index >= 15 is 0 Å². The van der Waals surface area contributed by atoms with Crippen molar-refractivity contribution >= 4 is 44.5 Å². The number of amides is 2. The van der Waals surface area contributed by atoms with Crippen molar-refractivity contribution in [2.75, 3.05) is 6.26 Å². The molecule has 0 spiro atoms. The highest BCUT2D eigenvalue weighted by atomic mass is 127. The topological polar surface area (TPSA) is 136 Å². The number of hydrogen-bond donors (Lipinski definition) is 3. The van der Waals surface area contributed by atoms with Crippen molar-refractivity contribution in [3.63, 3.8) is 0 Å². The molecule has 40 heavy (non-hydrogen) atoms. The van der Waals surface area contributed by atoms with Crippen molar-refractivity contribution in [3.05, 3.63) is 86.5 Å². The quantitative estimate of drug-likeness (QED) is 0.284. The first-order valence-electron chi connectivity index (χ1n) is 11.9. The van der Waals surface area contributed by atoms with Crippen molar-refractivity contribution in [2.24, 2.45) is 11.7 Å². The second-order valence-electron chi connectivity index (χ2n) is 9.79. The molecular weight excluding hydrogens is 664 g/mol. The number of aliphatic hydroxyl groups is 1. The molecule has 0 radical (unpaired) electrons. The van der Waals surface area contributed by atoms with Gasteiger partial charge in [-0.25, -0.2) is 0 Å². The van der Waals surface area contributed by atoms with Crippen LogP contribution in [0.2, 0.25) is 0 Å². The third-order valence-corrected chi connectivity index (χ3v) is 7.94. The van der Waals surface area contributed by atoms with Gasteiger partial charge in [-0.15, -0.1) is 0 Å². The van der Waals surface area contributed by atoms with Gasteiger partial charge >= 0.3 is 16.3 Å². The number of nitrogens with two attached hydrogens (primary N) is 1. The first-order valence-corrected chi connectivity index (χ1v) is 14.8. The Bertz CT molecular complexity index is 1490. The van der Waals surface area contributed by atoms with E-state index in [0.29, 0.717) is 3.58 Å². The predicted molar refractivity (Wildman–Crippen MR) is 151 cm³/mol. The number of carbonyl (C=O) groups excluding carboxylic acids is 2. The molecule has 0 aliphatic heterocycles. The highest BCUT2D eigenvalue weighted by Gasteiger charge is 2.57. The molecule has 0 saturated heterocycles. The molecule has 0 fully saturated rings. The molecule has 1 aliphatic rings. The minimum atomic E-state index is -5.20. The summed E-state index contributed by atoms with van der Waals surface area (Å²) in [5.74, 6) is -2.67. The van der Waals surface area contributed by atoms with Crippen LogP contribution < -0.4 is 15.2 Å². The molecule has 3 rings (SSSR count). The maximum Gasteiger partial charge on any atom is 0.425 e. The Hall–Kier alpha value is -2.91. The highest BCUT2D eigenvalue weighted by Crippen LogP contribution is 2.48. The first-order chi connectivity index (χ1) is 18.3. The molecule has 3 unspecified atom stereocenters. The number of carbonyl (C=O) groups is 2. The van der Waals surface area contributed by atoms with E-state index < -0.39 is 56.2 Å². The van der Waals surface area contributed by atoms with E-state index in [1.807, 2.05) is 22.6 Å². The molecule has 0 heterocycles. The van der Waals surface area contributed by atoms with Crippen LogP contribution in [0.1, 0.15) is 36.1 Å². The number of allylic oxidation sites excluding steroid dienone is 2. The van der Waals surface area contributed by atoms with E-state index in [2.05, 4.69) is 9.50 Å². The summed E-state index contributed by atoms with van der Waals surface area (Å²) in [6.07, 6.45) is 0.247. The molecule has 4 N–H and O–H groups in total. The van der Waals surface area contributed by atoms with Gasteiger partial charge in [0, 0.05) is 9.62 Å². The van der Waals surface area contributed by atoms with Gasteiger partial charge < -0.3 is 20.3 Å². The monoisotopic (exact) mass is 692 g/mol. The number of aryl methyl sites for hydroxylation is 1. The predicted octanol–water partition coefficient (Wildman–Crippen LogP) is 3.88. The van der Waals surface area contributed by atoms with Gasteiger partial charge in [-0.3, -0.25) is 9.59 Å². The lowest BCUT2D eigenvalue weighted by Crippen LogP contribution is -2.53.